The number of hydrogen-bond acceptors (Lipinski definition) is 3. The van der Waals surface area contributed by atoms with Gasteiger partial charge in [-0.3, -0.25) is 4.21 Å². The first kappa shape index (κ1) is 14.2. The number of ether oxygens (including phenoxy) is 1. The number of benzene rings is 1. The number of hydrogen-bond donors (Lipinski definition) is 1. The van der Waals surface area contributed by atoms with Crippen LogP contribution in [0.1, 0.15) is 40.2 Å². The highest BCUT2D eigenvalue weighted by atomic mass is 32.2. The Morgan fingerprint density at radius 3 is 2.68 bits per heavy atom. The van der Waals surface area contributed by atoms with Crippen molar-refractivity contribution in [3.05, 3.63) is 28.8 Å². The summed E-state index contributed by atoms with van der Waals surface area (Å²) >= 11 is 0. The van der Waals surface area contributed by atoms with Crippen LogP contribution in [-0.2, 0) is 15.5 Å². The number of methoxy groups -OCH3 is 1. The van der Waals surface area contributed by atoms with Gasteiger partial charge in [-0.2, -0.15) is 0 Å². The van der Waals surface area contributed by atoms with Gasteiger partial charge in [0.15, 0.2) is 0 Å². The van der Waals surface area contributed by atoms with Crippen molar-refractivity contribution >= 4 is 16.8 Å². The van der Waals surface area contributed by atoms with Crippen molar-refractivity contribution in [2.45, 2.75) is 30.6 Å². The van der Waals surface area contributed by atoms with E-state index in [0.29, 0.717) is 22.8 Å². The van der Waals surface area contributed by atoms with Crippen LogP contribution in [-0.4, -0.2) is 34.8 Å². The molecule has 1 fully saturated rings. The summed E-state index contributed by atoms with van der Waals surface area (Å²) in [5.41, 5.74) is 1.98. The first-order valence-electron chi connectivity index (χ1n) is 6.30. The fourth-order valence-electron chi connectivity index (χ4n) is 2.24. The van der Waals surface area contributed by atoms with E-state index in [1.807, 2.05) is 6.92 Å². The predicted octanol–water partition coefficient (Wildman–Crippen LogP) is 2.32. The van der Waals surface area contributed by atoms with Gasteiger partial charge in [0.2, 0.25) is 0 Å². The van der Waals surface area contributed by atoms with Crippen molar-refractivity contribution in [1.82, 2.24) is 0 Å². The average Bonchev–Trinajstić information content (AvgIpc) is 3.19. The quantitative estimate of drug-likeness (QED) is 0.869. The summed E-state index contributed by atoms with van der Waals surface area (Å²) in [5.74, 6) is -0.278. The van der Waals surface area contributed by atoms with Gasteiger partial charge in [-0.05, 0) is 42.9 Å². The molecule has 1 aromatic rings. The molecule has 19 heavy (non-hydrogen) atoms. The van der Waals surface area contributed by atoms with Gasteiger partial charge in [0.25, 0.3) is 0 Å². The normalized spacial score (nSPS) is 16.3. The SMILES string of the molecule is COCC[S@@](=O)c1c(C)ccc(C(=O)O)c1C1CC1. The molecule has 0 spiro atoms. The van der Waals surface area contributed by atoms with Crippen molar-refractivity contribution in [2.75, 3.05) is 19.5 Å². The van der Waals surface area contributed by atoms with Crippen molar-refractivity contribution in [3.8, 4) is 0 Å². The summed E-state index contributed by atoms with van der Waals surface area (Å²) in [4.78, 5) is 12.0. The number of carboxylic acid groups (broad SMARTS) is 1. The molecular formula is C14H18O4S. The zero-order valence-electron chi connectivity index (χ0n) is 11.1. The molecule has 1 aliphatic rings. The Labute approximate surface area is 115 Å². The summed E-state index contributed by atoms with van der Waals surface area (Å²) in [6.07, 6.45) is 1.97. The molecule has 0 aliphatic heterocycles. The minimum absolute atomic E-state index is 0.257. The molecule has 0 saturated heterocycles. The monoisotopic (exact) mass is 282 g/mol. The van der Waals surface area contributed by atoms with Gasteiger partial charge < -0.3 is 9.84 Å². The molecule has 1 atom stereocenters. The van der Waals surface area contributed by atoms with E-state index in [9.17, 15) is 14.1 Å². The first-order valence-corrected chi connectivity index (χ1v) is 7.62. The van der Waals surface area contributed by atoms with Crippen molar-refractivity contribution < 1.29 is 18.8 Å². The molecule has 0 radical (unpaired) electrons. The number of carbonyl (C=O) groups is 1. The molecular weight excluding hydrogens is 264 g/mol. The predicted molar refractivity (Wildman–Crippen MR) is 73.3 cm³/mol. The third-order valence-electron chi connectivity index (χ3n) is 3.31. The second-order valence-electron chi connectivity index (χ2n) is 4.79. The molecule has 104 valence electrons. The molecule has 0 heterocycles. The highest BCUT2D eigenvalue weighted by Gasteiger charge is 2.32. The molecule has 4 nitrogen and oxygen atoms in total. The van der Waals surface area contributed by atoms with Crippen molar-refractivity contribution in [2.24, 2.45) is 0 Å². The van der Waals surface area contributed by atoms with Gasteiger partial charge >= 0.3 is 5.97 Å². The highest BCUT2D eigenvalue weighted by molar-refractivity contribution is 7.85. The lowest BCUT2D eigenvalue weighted by atomic mass is 10.0. The van der Waals surface area contributed by atoms with E-state index in [-0.39, 0.29) is 5.92 Å². The third kappa shape index (κ3) is 3.04. The van der Waals surface area contributed by atoms with Crippen LogP contribution in [0.2, 0.25) is 0 Å². The highest BCUT2D eigenvalue weighted by Crippen LogP contribution is 2.45. The smallest absolute Gasteiger partial charge is 0.336 e. The van der Waals surface area contributed by atoms with Gasteiger partial charge in [0.05, 0.1) is 28.7 Å². The van der Waals surface area contributed by atoms with E-state index in [4.69, 9.17) is 4.74 Å². The summed E-state index contributed by atoms with van der Waals surface area (Å²) in [6, 6.07) is 3.37. The number of carboxylic acids is 1. The maximum absolute atomic E-state index is 12.4. The van der Waals surface area contributed by atoms with E-state index in [2.05, 4.69) is 0 Å². The zero-order valence-corrected chi connectivity index (χ0v) is 12.0. The maximum atomic E-state index is 12.4. The van der Waals surface area contributed by atoms with Gasteiger partial charge in [0, 0.05) is 12.0 Å². The molecule has 2 rings (SSSR count). The third-order valence-corrected chi connectivity index (χ3v) is 4.84. The Morgan fingerprint density at radius 2 is 2.16 bits per heavy atom. The molecule has 0 aromatic heterocycles. The van der Waals surface area contributed by atoms with E-state index >= 15 is 0 Å². The lowest BCUT2D eigenvalue weighted by Gasteiger charge is -2.14. The Kier molecular flexibility index (Phi) is 4.37. The number of rotatable bonds is 6. The molecule has 1 saturated carbocycles. The van der Waals surface area contributed by atoms with Crippen molar-refractivity contribution in [3.63, 3.8) is 0 Å². The maximum Gasteiger partial charge on any atom is 0.336 e. The topological polar surface area (TPSA) is 63.6 Å². The first-order chi connectivity index (χ1) is 9.06. The second-order valence-corrected chi connectivity index (χ2v) is 6.30. The minimum Gasteiger partial charge on any atom is -0.478 e. The van der Waals surface area contributed by atoms with Crippen LogP contribution in [0.25, 0.3) is 0 Å². The summed E-state index contributed by atoms with van der Waals surface area (Å²) in [6.45, 7) is 2.30. The number of aromatic carboxylic acids is 1. The second kappa shape index (κ2) is 5.84. The Balaban J connectivity index is 2.47. The summed E-state index contributed by atoms with van der Waals surface area (Å²) < 4.78 is 17.3. The van der Waals surface area contributed by atoms with Crippen molar-refractivity contribution in [1.29, 1.82) is 0 Å². The van der Waals surface area contributed by atoms with E-state index in [1.165, 1.54) is 0 Å². The fourth-order valence-corrected chi connectivity index (χ4v) is 3.71. The Hall–Kier alpha value is -1.20. The Bertz CT molecular complexity index is 520. The fraction of sp³-hybridized carbons (Fsp3) is 0.500. The van der Waals surface area contributed by atoms with Gasteiger partial charge in [-0.15, -0.1) is 0 Å². The molecule has 1 N–H and O–H groups in total. The molecule has 1 aliphatic carbocycles. The molecule has 0 unspecified atom stereocenters. The standard InChI is InChI=1S/C14H18O4S/c1-9-3-6-11(14(15)16)12(10-4-5-10)13(9)19(17)8-7-18-2/h3,6,10H,4-5,7-8H2,1-2H3,(H,15,16)/t19-/m1/s1. The van der Waals surface area contributed by atoms with E-state index in [0.717, 1.165) is 24.0 Å². The van der Waals surface area contributed by atoms with Crippen LogP contribution in [0.4, 0.5) is 0 Å². The largest absolute Gasteiger partial charge is 0.478 e. The van der Waals surface area contributed by atoms with E-state index < -0.39 is 16.8 Å². The van der Waals surface area contributed by atoms with Crippen LogP contribution < -0.4 is 0 Å². The van der Waals surface area contributed by atoms with Gasteiger partial charge in [-0.25, -0.2) is 4.79 Å². The number of aryl methyl sites for hydroxylation is 1. The molecule has 0 amide bonds. The van der Waals surface area contributed by atoms with E-state index in [1.54, 1.807) is 19.2 Å². The van der Waals surface area contributed by atoms with Crippen LogP contribution in [0.5, 0.6) is 0 Å². The average molecular weight is 282 g/mol. The lowest BCUT2D eigenvalue weighted by Crippen LogP contribution is -2.12. The molecule has 5 heteroatoms. The van der Waals surface area contributed by atoms with Crippen LogP contribution in [0.15, 0.2) is 17.0 Å². The van der Waals surface area contributed by atoms with Crippen LogP contribution >= 0.6 is 0 Å². The summed E-state index contributed by atoms with van der Waals surface area (Å²) in [7, 11) is 0.367. The van der Waals surface area contributed by atoms with Crippen LogP contribution in [0.3, 0.4) is 0 Å². The Morgan fingerprint density at radius 1 is 1.47 bits per heavy atom. The van der Waals surface area contributed by atoms with Crippen LogP contribution in [0, 0.1) is 6.92 Å². The summed E-state index contributed by atoms with van der Waals surface area (Å²) in [5, 5.41) is 9.29. The lowest BCUT2D eigenvalue weighted by molar-refractivity contribution is 0.0695. The van der Waals surface area contributed by atoms with Gasteiger partial charge in [-0.1, -0.05) is 6.07 Å². The zero-order chi connectivity index (χ0) is 14.0. The van der Waals surface area contributed by atoms with Gasteiger partial charge in [0.1, 0.15) is 0 Å². The minimum atomic E-state index is -1.20. The molecule has 1 aromatic carbocycles. The molecule has 0 bridgehead atoms.